The van der Waals surface area contributed by atoms with Crippen LogP contribution in [0.2, 0.25) is 0 Å². The van der Waals surface area contributed by atoms with Crippen LogP contribution in [0.5, 0.6) is 0 Å². The quantitative estimate of drug-likeness (QED) is 0.441. The molecule has 0 aromatic rings. The zero-order valence-corrected chi connectivity index (χ0v) is 6.63. The summed E-state index contributed by atoms with van der Waals surface area (Å²) in [6.07, 6.45) is 0. The van der Waals surface area contributed by atoms with Crippen molar-refractivity contribution in [1.29, 1.82) is 0 Å². The van der Waals surface area contributed by atoms with Crippen LogP contribution in [0, 0.1) is 0 Å². The third-order valence-corrected chi connectivity index (χ3v) is 0. The van der Waals surface area contributed by atoms with Crippen LogP contribution in [0.25, 0.3) is 0 Å². The number of halogens is 1. The molecular formula is HClO2SY. The van der Waals surface area contributed by atoms with Crippen molar-refractivity contribution >= 4 is 21.0 Å². The molecule has 5 heavy (non-hydrogen) atoms. The molecule has 0 aromatic heterocycles. The van der Waals surface area contributed by atoms with Gasteiger partial charge in [-0.15, -0.1) is 0 Å². The molecule has 0 aliphatic rings. The number of hydrogen-bond donors (Lipinski definition) is 1. The fourth-order valence-electron chi connectivity index (χ4n) is 0. The Morgan fingerprint density at radius 2 is 1.80 bits per heavy atom. The van der Waals surface area contributed by atoms with Crippen LogP contribution in [0.15, 0.2) is 0 Å². The molecular weight excluding hydrogens is 188 g/mol. The van der Waals surface area contributed by atoms with Crippen LogP contribution in [-0.4, -0.2) is 8.76 Å². The van der Waals surface area contributed by atoms with Gasteiger partial charge in [0.2, 0.25) is 0 Å². The van der Waals surface area contributed by atoms with E-state index in [1.54, 1.807) is 0 Å². The zero-order chi connectivity index (χ0) is 3.58. The van der Waals surface area contributed by atoms with Crippen molar-refractivity contribution < 1.29 is 41.5 Å². The average molecular weight is 189 g/mol. The molecule has 1 radical (unpaired) electrons. The average Bonchev–Trinajstić information content (AvgIpc) is 0.811. The first-order valence-electron chi connectivity index (χ1n) is 0.504. The van der Waals surface area contributed by atoms with Gasteiger partial charge in [0.25, 0.3) is 10.3 Å². The molecule has 1 unspecified atom stereocenters. The van der Waals surface area contributed by atoms with Gasteiger partial charge in [0.05, 0.1) is 0 Å². The molecule has 0 aliphatic carbocycles. The molecule has 29 valence electrons. The molecule has 0 aliphatic heterocycles. The van der Waals surface area contributed by atoms with Gasteiger partial charge in [0.1, 0.15) is 0 Å². The Kier molecular flexibility index (Phi) is 10.7. The van der Waals surface area contributed by atoms with Gasteiger partial charge < -0.3 is 0 Å². The van der Waals surface area contributed by atoms with E-state index in [1.807, 2.05) is 0 Å². The third-order valence-electron chi connectivity index (χ3n) is 0. The van der Waals surface area contributed by atoms with E-state index in [4.69, 9.17) is 8.76 Å². The monoisotopic (exact) mass is 189 g/mol. The molecule has 0 amide bonds. The minimum absolute atomic E-state index is 0. The maximum Gasteiger partial charge on any atom is 0.253 e. The zero-order valence-electron chi connectivity index (χ0n) is 2.22. The second-order valence-corrected chi connectivity index (χ2v) is 1.41. The SMILES string of the molecule is O=S(O)Cl.[Y]. The largest absolute Gasteiger partial charge is 0.294 e. The van der Waals surface area contributed by atoms with Crippen molar-refractivity contribution in [3.8, 4) is 0 Å². The maximum atomic E-state index is 8.88. The van der Waals surface area contributed by atoms with Gasteiger partial charge in [-0.2, -0.15) is 0 Å². The first-order valence-corrected chi connectivity index (χ1v) is 2.44. The molecule has 0 heterocycles. The van der Waals surface area contributed by atoms with Gasteiger partial charge in [0.15, 0.2) is 0 Å². The Bertz CT molecular complexity index is 32.6. The molecule has 0 aromatic carbocycles. The summed E-state index contributed by atoms with van der Waals surface area (Å²) >= 11 is 0. The summed E-state index contributed by atoms with van der Waals surface area (Å²) in [4.78, 5) is 0. The minimum Gasteiger partial charge on any atom is -0.294 e. The molecule has 1 N–H and O–H groups in total. The topological polar surface area (TPSA) is 37.3 Å². The second kappa shape index (κ2) is 5.50. The van der Waals surface area contributed by atoms with Crippen LogP contribution in [0.1, 0.15) is 0 Å². The summed E-state index contributed by atoms with van der Waals surface area (Å²) in [6.45, 7) is 0. The molecule has 1 atom stereocenters. The summed E-state index contributed by atoms with van der Waals surface area (Å²) < 4.78 is 16.2. The normalized spacial score (nSPS) is 12.4. The van der Waals surface area contributed by atoms with Crippen LogP contribution < -0.4 is 0 Å². The van der Waals surface area contributed by atoms with Crippen LogP contribution in [0.4, 0.5) is 0 Å². The Hall–Kier alpha value is 1.50. The predicted octanol–water partition coefficient (Wildman–Crippen LogP) is 0.359. The maximum absolute atomic E-state index is 8.88. The Balaban J connectivity index is 0. The van der Waals surface area contributed by atoms with E-state index >= 15 is 0 Å². The van der Waals surface area contributed by atoms with E-state index in [0.29, 0.717) is 0 Å². The van der Waals surface area contributed by atoms with Crippen molar-refractivity contribution in [2.24, 2.45) is 0 Å². The summed E-state index contributed by atoms with van der Waals surface area (Å²) in [6, 6.07) is 0. The molecule has 0 bridgehead atoms. The number of rotatable bonds is 0. The van der Waals surface area contributed by atoms with E-state index in [0.717, 1.165) is 0 Å². The van der Waals surface area contributed by atoms with Gasteiger partial charge >= 0.3 is 0 Å². The van der Waals surface area contributed by atoms with Gasteiger partial charge in [-0.05, 0) is 0 Å². The van der Waals surface area contributed by atoms with Crippen molar-refractivity contribution in [2.45, 2.75) is 0 Å². The van der Waals surface area contributed by atoms with E-state index in [1.165, 1.54) is 0 Å². The first-order chi connectivity index (χ1) is 1.73. The van der Waals surface area contributed by atoms with E-state index in [-0.39, 0.29) is 32.7 Å². The Morgan fingerprint density at radius 1 is 1.80 bits per heavy atom. The summed E-state index contributed by atoms with van der Waals surface area (Å²) in [5.41, 5.74) is 0. The Morgan fingerprint density at radius 3 is 1.80 bits per heavy atom. The van der Waals surface area contributed by atoms with Gasteiger partial charge in [-0.1, -0.05) is 0 Å². The fourth-order valence-corrected chi connectivity index (χ4v) is 0. The smallest absolute Gasteiger partial charge is 0.253 e. The Labute approximate surface area is 61.9 Å². The minimum atomic E-state index is -2.14. The molecule has 2 nitrogen and oxygen atoms in total. The van der Waals surface area contributed by atoms with Gasteiger partial charge in [0, 0.05) is 43.4 Å². The van der Waals surface area contributed by atoms with Crippen molar-refractivity contribution in [3.63, 3.8) is 0 Å². The molecule has 0 rings (SSSR count). The van der Waals surface area contributed by atoms with Crippen molar-refractivity contribution in [1.82, 2.24) is 0 Å². The fraction of sp³-hybridized carbons (Fsp3) is 0. The molecule has 0 fully saturated rings. The molecule has 0 saturated carbocycles. The van der Waals surface area contributed by atoms with Crippen molar-refractivity contribution in [3.05, 3.63) is 0 Å². The molecule has 5 heteroatoms. The van der Waals surface area contributed by atoms with Gasteiger partial charge in [-0.25, -0.2) is 4.21 Å². The van der Waals surface area contributed by atoms with E-state index in [9.17, 15) is 0 Å². The molecule has 0 saturated heterocycles. The van der Waals surface area contributed by atoms with Crippen molar-refractivity contribution in [2.75, 3.05) is 0 Å². The van der Waals surface area contributed by atoms with Crippen LogP contribution in [-0.2, 0) is 43.0 Å². The summed E-state index contributed by atoms with van der Waals surface area (Å²) in [5.74, 6) is 0. The summed E-state index contributed by atoms with van der Waals surface area (Å²) in [7, 11) is 2.16. The number of hydrogen-bond acceptors (Lipinski definition) is 1. The second-order valence-electron chi connectivity index (χ2n) is 0.207. The van der Waals surface area contributed by atoms with Gasteiger partial charge in [-0.3, -0.25) is 4.55 Å². The van der Waals surface area contributed by atoms with Crippen LogP contribution >= 0.6 is 10.7 Å². The first kappa shape index (κ1) is 9.71. The van der Waals surface area contributed by atoms with E-state index < -0.39 is 10.3 Å². The summed E-state index contributed by atoms with van der Waals surface area (Å²) in [5, 5.41) is 0. The van der Waals surface area contributed by atoms with Crippen LogP contribution in [0.3, 0.4) is 0 Å². The predicted molar refractivity (Wildman–Crippen MR) is 16.6 cm³/mol. The third kappa shape index (κ3) is 29.9. The standard InChI is InChI=1S/ClHO2S.Y/c1-4(2)3;/h(H,2,3);. The molecule has 0 spiro atoms. The van der Waals surface area contributed by atoms with E-state index in [2.05, 4.69) is 10.7 Å².